The third-order valence-electron chi connectivity index (χ3n) is 3.87. The molecule has 0 amide bonds. The Bertz CT molecular complexity index is 878. The molecular formula is C20H27N5OS. The van der Waals surface area contributed by atoms with Gasteiger partial charge in [0.05, 0.1) is 24.0 Å². The van der Waals surface area contributed by atoms with Gasteiger partial charge in [-0.1, -0.05) is 37.3 Å². The first-order valence-electron chi connectivity index (χ1n) is 8.92. The van der Waals surface area contributed by atoms with Gasteiger partial charge in [-0.05, 0) is 44.2 Å². The van der Waals surface area contributed by atoms with Crippen LogP contribution in [-0.2, 0) is 0 Å². The lowest BCUT2D eigenvalue weighted by atomic mass is 10.1. The Morgan fingerprint density at radius 2 is 1.70 bits per heavy atom. The molecule has 0 spiro atoms. The van der Waals surface area contributed by atoms with Gasteiger partial charge in [0.25, 0.3) is 0 Å². The van der Waals surface area contributed by atoms with Gasteiger partial charge in [-0.2, -0.15) is 0 Å². The summed E-state index contributed by atoms with van der Waals surface area (Å²) in [7, 11) is 1.65. The van der Waals surface area contributed by atoms with Gasteiger partial charge in [-0.3, -0.25) is 0 Å². The Kier molecular flexibility index (Phi) is 7.15. The zero-order valence-corrected chi connectivity index (χ0v) is 17.2. The van der Waals surface area contributed by atoms with Crippen molar-refractivity contribution in [2.75, 3.05) is 17.9 Å². The number of para-hydroxylation sites is 1. The molecule has 0 aliphatic rings. The molecule has 27 heavy (non-hydrogen) atoms. The molecule has 0 aliphatic carbocycles. The number of nitrogens with two attached hydrogens (primary N) is 2. The van der Waals surface area contributed by atoms with E-state index in [0.29, 0.717) is 5.69 Å². The second-order valence-electron chi connectivity index (χ2n) is 5.89. The number of nitrogen functional groups attached to an aromatic ring is 1. The Morgan fingerprint density at radius 1 is 1.04 bits per heavy atom. The summed E-state index contributed by atoms with van der Waals surface area (Å²) in [6.45, 7) is 8.02. The molecule has 1 heterocycles. The van der Waals surface area contributed by atoms with Gasteiger partial charge < -0.3 is 15.5 Å². The number of anilines is 2. The smallest absolute Gasteiger partial charge is 0.151 e. The van der Waals surface area contributed by atoms with Crippen molar-refractivity contribution in [1.29, 1.82) is 0 Å². The molecule has 3 rings (SSSR count). The number of hydrogen-bond acceptors (Lipinski definition) is 7. The molecule has 144 valence electrons. The monoisotopic (exact) mass is 385 g/mol. The number of hydrazine groups is 1. The zero-order chi connectivity index (χ0) is 20.0. The van der Waals surface area contributed by atoms with Gasteiger partial charge in [0.1, 0.15) is 10.8 Å². The van der Waals surface area contributed by atoms with E-state index in [4.69, 9.17) is 16.3 Å². The van der Waals surface area contributed by atoms with Crippen LogP contribution in [0.1, 0.15) is 27.7 Å². The van der Waals surface area contributed by atoms with Crippen LogP contribution < -0.4 is 21.3 Å². The predicted octanol–water partition coefficient (Wildman–Crippen LogP) is 4.58. The van der Waals surface area contributed by atoms with Crippen molar-refractivity contribution < 1.29 is 4.74 Å². The summed E-state index contributed by atoms with van der Waals surface area (Å²) >= 11 is 1.50. The average molecular weight is 386 g/mol. The molecule has 1 aromatic heterocycles. The lowest BCUT2D eigenvalue weighted by Gasteiger charge is -2.24. The molecule has 0 saturated carbocycles. The molecule has 3 aromatic rings. The first kappa shape index (κ1) is 20.7. The Labute approximate surface area is 164 Å². The highest BCUT2D eigenvalue weighted by atomic mass is 32.1. The molecule has 0 saturated heterocycles. The van der Waals surface area contributed by atoms with E-state index >= 15 is 0 Å². The molecule has 0 fully saturated rings. The maximum absolute atomic E-state index is 6.18. The fourth-order valence-electron chi connectivity index (χ4n) is 2.47. The highest BCUT2D eigenvalue weighted by Gasteiger charge is 2.15. The summed E-state index contributed by atoms with van der Waals surface area (Å²) in [6, 6.07) is 13.7. The minimum Gasteiger partial charge on any atom is -0.496 e. The van der Waals surface area contributed by atoms with Crippen LogP contribution in [0.4, 0.5) is 11.4 Å². The van der Waals surface area contributed by atoms with Crippen molar-refractivity contribution in [2.45, 2.75) is 33.7 Å². The molecule has 2 aromatic carbocycles. The fourth-order valence-corrected chi connectivity index (χ4v) is 3.34. The number of ether oxygens (including phenoxy) is 1. The van der Waals surface area contributed by atoms with E-state index in [1.807, 2.05) is 70.2 Å². The van der Waals surface area contributed by atoms with Crippen molar-refractivity contribution in [1.82, 2.24) is 10.2 Å². The standard InChI is InChI=1S/C18H21N5OS.C2H6/c1-11(2)23(20)15-9-8-12(10-14(15)19)17-21-22-18(25-17)13-6-4-5-7-16(13)24-3;1-2/h4-11H,19-20H2,1-3H3;1-2H3. The predicted molar refractivity (Wildman–Crippen MR) is 115 cm³/mol. The third-order valence-corrected chi connectivity index (χ3v) is 4.88. The number of nitrogens with zero attached hydrogens (tertiary/aromatic N) is 3. The number of methoxy groups -OCH3 is 1. The lowest BCUT2D eigenvalue weighted by molar-refractivity contribution is 0.416. The molecule has 7 heteroatoms. The topological polar surface area (TPSA) is 90.3 Å². The molecule has 0 radical (unpaired) electrons. The van der Waals surface area contributed by atoms with Crippen molar-refractivity contribution in [3.8, 4) is 26.9 Å². The molecule has 0 aliphatic heterocycles. The minimum atomic E-state index is 0.159. The summed E-state index contributed by atoms with van der Waals surface area (Å²) in [5.41, 5.74) is 9.43. The minimum absolute atomic E-state index is 0.159. The molecule has 0 unspecified atom stereocenters. The van der Waals surface area contributed by atoms with Crippen LogP contribution in [0.25, 0.3) is 21.1 Å². The first-order valence-corrected chi connectivity index (χ1v) is 9.73. The van der Waals surface area contributed by atoms with E-state index in [-0.39, 0.29) is 6.04 Å². The first-order chi connectivity index (χ1) is 13.0. The van der Waals surface area contributed by atoms with Crippen LogP contribution in [-0.4, -0.2) is 23.3 Å². The van der Waals surface area contributed by atoms with E-state index in [1.54, 1.807) is 12.1 Å². The van der Waals surface area contributed by atoms with Gasteiger partial charge in [0.15, 0.2) is 5.01 Å². The second-order valence-corrected chi connectivity index (χ2v) is 6.86. The Morgan fingerprint density at radius 3 is 2.33 bits per heavy atom. The third kappa shape index (κ3) is 4.56. The Hall–Kier alpha value is -2.64. The maximum Gasteiger partial charge on any atom is 0.151 e. The van der Waals surface area contributed by atoms with Crippen molar-refractivity contribution in [3.05, 3.63) is 42.5 Å². The van der Waals surface area contributed by atoms with E-state index in [2.05, 4.69) is 10.2 Å². The number of aromatic nitrogens is 2. The molecule has 0 atom stereocenters. The highest BCUT2D eigenvalue weighted by Crippen LogP contribution is 2.36. The summed E-state index contributed by atoms with van der Waals surface area (Å²) in [5.74, 6) is 6.83. The maximum atomic E-state index is 6.18. The van der Waals surface area contributed by atoms with Crippen molar-refractivity contribution >= 4 is 22.7 Å². The van der Waals surface area contributed by atoms with Crippen LogP contribution in [0, 0.1) is 0 Å². The van der Waals surface area contributed by atoms with Crippen LogP contribution in [0.15, 0.2) is 42.5 Å². The molecule has 6 nitrogen and oxygen atoms in total. The Balaban J connectivity index is 0.00000126. The van der Waals surface area contributed by atoms with Crippen LogP contribution in [0.3, 0.4) is 0 Å². The zero-order valence-electron chi connectivity index (χ0n) is 16.4. The highest BCUT2D eigenvalue weighted by molar-refractivity contribution is 7.18. The quantitative estimate of drug-likeness (QED) is 0.380. The van der Waals surface area contributed by atoms with Gasteiger partial charge in [-0.25, -0.2) is 5.84 Å². The lowest BCUT2D eigenvalue weighted by Crippen LogP contribution is -2.37. The second kappa shape index (κ2) is 9.34. The molecule has 0 bridgehead atoms. The summed E-state index contributed by atoms with van der Waals surface area (Å²) in [6.07, 6.45) is 0. The van der Waals surface area contributed by atoms with Crippen LogP contribution >= 0.6 is 11.3 Å². The number of rotatable bonds is 5. The summed E-state index contributed by atoms with van der Waals surface area (Å²) < 4.78 is 5.40. The fraction of sp³-hybridized carbons (Fsp3) is 0.300. The largest absolute Gasteiger partial charge is 0.496 e. The van der Waals surface area contributed by atoms with E-state index in [1.165, 1.54) is 11.3 Å². The van der Waals surface area contributed by atoms with Gasteiger partial charge in [0.2, 0.25) is 0 Å². The van der Waals surface area contributed by atoms with E-state index < -0.39 is 0 Å². The van der Waals surface area contributed by atoms with E-state index in [0.717, 1.165) is 32.6 Å². The average Bonchev–Trinajstić information content (AvgIpc) is 3.19. The van der Waals surface area contributed by atoms with E-state index in [9.17, 15) is 0 Å². The number of benzene rings is 2. The SMILES string of the molecule is CC.COc1ccccc1-c1nnc(-c2ccc(N(N)C(C)C)c(N)c2)s1. The normalized spacial score (nSPS) is 10.3. The van der Waals surface area contributed by atoms with Gasteiger partial charge in [-0.15, -0.1) is 10.2 Å². The van der Waals surface area contributed by atoms with Crippen molar-refractivity contribution in [2.24, 2.45) is 5.84 Å². The van der Waals surface area contributed by atoms with Crippen LogP contribution in [0.5, 0.6) is 5.75 Å². The molecular weight excluding hydrogens is 358 g/mol. The summed E-state index contributed by atoms with van der Waals surface area (Å²) in [5, 5.41) is 11.9. The molecule has 4 N–H and O–H groups in total. The van der Waals surface area contributed by atoms with Crippen LogP contribution in [0.2, 0.25) is 0 Å². The van der Waals surface area contributed by atoms with Gasteiger partial charge >= 0.3 is 0 Å². The number of hydrogen-bond donors (Lipinski definition) is 2. The van der Waals surface area contributed by atoms with Crippen molar-refractivity contribution in [3.63, 3.8) is 0 Å². The summed E-state index contributed by atoms with van der Waals surface area (Å²) in [4.78, 5) is 0. The van der Waals surface area contributed by atoms with Gasteiger partial charge in [0, 0.05) is 11.6 Å².